The first-order valence-corrected chi connectivity index (χ1v) is 6.95. The van der Waals surface area contributed by atoms with E-state index in [-0.39, 0.29) is 23.8 Å². The zero-order valence-electron chi connectivity index (χ0n) is 12.6. The van der Waals surface area contributed by atoms with Crippen molar-refractivity contribution in [2.24, 2.45) is 0 Å². The first kappa shape index (κ1) is 16.4. The van der Waals surface area contributed by atoms with E-state index in [1.807, 2.05) is 30.3 Å². The van der Waals surface area contributed by atoms with Crippen LogP contribution in [0.5, 0.6) is 11.5 Å². The number of ether oxygens (including phenoxy) is 2. The summed E-state index contributed by atoms with van der Waals surface area (Å²) in [6, 6.07) is 13.8. The Balaban J connectivity index is 1.94. The molecule has 0 saturated carbocycles. The topological polar surface area (TPSA) is 84.9 Å². The third-order valence-electron chi connectivity index (χ3n) is 3.11. The molecule has 0 aliphatic carbocycles. The van der Waals surface area contributed by atoms with Gasteiger partial charge in [-0.25, -0.2) is 4.79 Å². The molecule has 2 aromatic rings. The van der Waals surface area contributed by atoms with Gasteiger partial charge in [-0.2, -0.15) is 0 Å². The second-order valence-electron chi connectivity index (χ2n) is 4.72. The number of methoxy groups -OCH3 is 1. The van der Waals surface area contributed by atoms with E-state index < -0.39 is 5.97 Å². The van der Waals surface area contributed by atoms with Crippen LogP contribution in [-0.2, 0) is 11.3 Å². The highest BCUT2D eigenvalue weighted by molar-refractivity contribution is 5.91. The van der Waals surface area contributed by atoms with Gasteiger partial charge in [0.15, 0.2) is 6.61 Å². The monoisotopic (exact) mass is 315 g/mol. The summed E-state index contributed by atoms with van der Waals surface area (Å²) in [6.45, 7) is 0.104. The van der Waals surface area contributed by atoms with Gasteiger partial charge in [0.25, 0.3) is 5.91 Å². The third kappa shape index (κ3) is 4.74. The molecule has 6 heteroatoms. The van der Waals surface area contributed by atoms with Crippen LogP contribution in [0.25, 0.3) is 0 Å². The molecule has 2 rings (SSSR count). The van der Waals surface area contributed by atoms with Gasteiger partial charge >= 0.3 is 5.97 Å². The van der Waals surface area contributed by atoms with Crippen LogP contribution in [0.3, 0.4) is 0 Å². The largest absolute Gasteiger partial charge is 0.497 e. The minimum atomic E-state index is -1.13. The van der Waals surface area contributed by atoms with E-state index in [0.29, 0.717) is 12.3 Å². The molecule has 0 aromatic heterocycles. The van der Waals surface area contributed by atoms with Crippen molar-refractivity contribution in [1.82, 2.24) is 5.32 Å². The number of rotatable bonds is 7. The summed E-state index contributed by atoms with van der Waals surface area (Å²) < 4.78 is 10.3. The maximum Gasteiger partial charge on any atom is 0.339 e. The molecule has 0 atom stereocenters. The zero-order valence-corrected chi connectivity index (χ0v) is 12.6. The standard InChI is InChI=1S/C17H17NO5/c1-22-13-7-8-14(17(20)21)15(9-13)23-11-16(19)18-10-12-5-3-2-4-6-12/h2-9H,10-11H2,1H3,(H,18,19)(H,20,21). The highest BCUT2D eigenvalue weighted by atomic mass is 16.5. The number of hydrogen-bond acceptors (Lipinski definition) is 4. The number of carboxylic acid groups (broad SMARTS) is 1. The first-order chi connectivity index (χ1) is 11.1. The van der Waals surface area contributed by atoms with Crippen molar-refractivity contribution < 1.29 is 24.2 Å². The summed E-state index contributed by atoms with van der Waals surface area (Å²) in [5.41, 5.74) is 0.940. The third-order valence-corrected chi connectivity index (χ3v) is 3.11. The fourth-order valence-corrected chi connectivity index (χ4v) is 1.92. The van der Waals surface area contributed by atoms with E-state index in [2.05, 4.69) is 5.32 Å². The van der Waals surface area contributed by atoms with E-state index in [1.54, 1.807) is 0 Å². The number of benzene rings is 2. The minimum Gasteiger partial charge on any atom is -0.497 e. The lowest BCUT2D eigenvalue weighted by Crippen LogP contribution is -2.28. The molecule has 6 nitrogen and oxygen atoms in total. The van der Waals surface area contributed by atoms with Gasteiger partial charge in [-0.1, -0.05) is 30.3 Å². The van der Waals surface area contributed by atoms with Crippen LogP contribution < -0.4 is 14.8 Å². The van der Waals surface area contributed by atoms with Gasteiger partial charge in [0.2, 0.25) is 0 Å². The Labute approximate surface area is 133 Å². The van der Waals surface area contributed by atoms with Gasteiger partial charge in [0, 0.05) is 12.6 Å². The lowest BCUT2D eigenvalue weighted by Gasteiger charge is -2.11. The number of carboxylic acids is 1. The normalized spacial score (nSPS) is 9.96. The number of aromatic carboxylic acids is 1. The summed E-state index contributed by atoms with van der Waals surface area (Å²) in [7, 11) is 1.46. The van der Waals surface area contributed by atoms with Gasteiger partial charge in [-0.05, 0) is 17.7 Å². The van der Waals surface area contributed by atoms with Crippen molar-refractivity contribution in [3.8, 4) is 11.5 Å². The average molecular weight is 315 g/mol. The molecule has 23 heavy (non-hydrogen) atoms. The van der Waals surface area contributed by atoms with Crippen LogP contribution in [0, 0.1) is 0 Å². The second kappa shape index (κ2) is 7.84. The average Bonchev–Trinajstić information content (AvgIpc) is 2.58. The molecule has 0 radical (unpaired) electrons. The van der Waals surface area contributed by atoms with E-state index >= 15 is 0 Å². The van der Waals surface area contributed by atoms with Crippen molar-refractivity contribution >= 4 is 11.9 Å². The van der Waals surface area contributed by atoms with Crippen LogP contribution in [0.15, 0.2) is 48.5 Å². The van der Waals surface area contributed by atoms with Crippen molar-refractivity contribution in [2.75, 3.05) is 13.7 Å². The van der Waals surface area contributed by atoms with E-state index in [4.69, 9.17) is 14.6 Å². The molecule has 120 valence electrons. The van der Waals surface area contributed by atoms with Gasteiger partial charge in [-0.15, -0.1) is 0 Å². The van der Waals surface area contributed by atoms with Crippen molar-refractivity contribution in [1.29, 1.82) is 0 Å². The highest BCUT2D eigenvalue weighted by Gasteiger charge is 2.14. The molecule has 0 bridgehead atoms. The maximum atomic E-state index is 11.8. The van der Waals surface area contributed by atoms with Crippen molar-refractivity contribution in [3.63, 3.8) is 0 Å². The number of carbonyl (C=O) groups is 2. The zero-order chi connectivity index (χ0) is 16.7. The highest BCUT2D eigenvalue weighted by Crippen LogP contribution is 2.24. The van der Waals surface area contributed by atoms with E-state index in [9.17, 15) is 9.59 Å². The molecule has 0 aliphatic heterocycles. The van der Waals surface area contributed by atoms with Gasteiger partial charge < -0.3 is 19.9 Å². The summed E-state index contributed by atoms with van der Waals surface area (Å²) in [5, 5.41) is 11.8. The van der Waals surface area contributed by atoms with Crippen molar-refractivity contribution in [2.45, 2.75) is 6.54 Å². The Morgan fingerprint density at radius 2 is 1.87 bits per heavy atom. The molecule has 0 unspecified atom stereocenters. The molecule has 2 N–H and O–H groups in total. The minimum absolute atomic E-state index is 0.0262. The van der Waals surface area contributed by atoms with Gasteiger partial charge in [0.05, 0.1) is 7.11 Å². The Morgan fingerprint density at radius 3 is 2.52 bits per heavy atom. The summed E-state index contributed by atoms with van der Waals surface area (Å²) in [4.78, 5) is 23.0. The van der Waals surface area contributed by atoms with Crippen LogP contribution in [0.4, 0.5) is 0 Å². The number of nitrogens with one attached hydrogen (secondary N) is 1. The van der Waals surface area contributed by atoms with Crippen LogP contribution in [0.1, 0.15) is 15.9 Å². The van der Waals surface area contributed by atoms with Crippen molar-refractivity contribution in [3.05, 3.63) is 59.7 Å². The predicted octanol–water partition coefficient (Wildman–Crippen LogP) is 2.09. The maximum absolute atomic E-state index is 11.8. The lowest BCUT2D eigenvalue weighted by molar-refractivity contribution is -0.123. The summed E-state index contributed by atoms with van der Waals surface area (Å²) >= 11 is 0. The Kier molecular flexibility index (Phi) is 5.57. The Morgan fingerprint density at radius 1 is 1.13 bits per heavy atom. The molecule has 0 fully saturated rings. The first-order valence-electron chi connectivity index (χ1n) is 6.95. The molecular weight excluding hydrogens is 298 g/mol. The Hall–Kier alpha value is -3.02. The Bertz CT molecular complexity index is 685. The smallest absolute Gasteiger partial charge is 0.339 e. The number of amides is 1. The van der Waals surface area contributed by atoms with Crippen LogP contribution in [0.2, 0.25) is 0 Å². The molecule has 0 heterocycles. The molecule has 1 amide bonds. The fourth-order valence-electron chi connectivity index (χ4n) is 1.92. The van der Waals surface area contributed by atoms with Gasteiger partial charge in [0.1, 0.15) is 17.1 Å². The molecule has 2 aromatic carbocycles. The molecule has 0 aliphatic rings. The molecule has 0 spiro atoms. The fraction of sp³-hybridized carbons (Fsp3) is 0.176. The van der Waals surface area contributed by atoms with Crippen LogP contribution in [-0.4, -0.2) is 30.7 Å². The van der Waals surface area contributed by atoms with E-state index in [1.165, 1.54) is 25.3 Å². The molecular formula is C17H17NO5. The summed E-state index contributed by atoms with van der Waals surface area (Å²) in [5.74, 6) is -0.929. The van der Waals surface area contributed by atoms with Gasteiger partial charge in [-0.3, -0.25) is 4.79 Å². The second-order valence-corrected chi connectivity index (χ2v) is 4.72. The lowest BCUT2D eigenvalue weighted by atomic mass is 10.2. The number of carbonyl (C=O) groups excluding carboxylic acids is 1. The quantitative estimate of drug-likeness (QED) is 0.817. The SMILES string of the molecule is COc1ccc(C(=O)O)c(OCC(=O)NCc2ccccc2)c1. The predicted molar refractivity (Wildman–Crippen MR) is 83.7 cm³/mol. The van der Waals surface area contributed by atoms with Crippen LogP contribution >= 0.6 is 0 Å². The number of hydrogen-bond donors (Lipinski definition) is 2. The molecule has 0 saturated heterocycles. The van der Waals surface area contributed by atoms with E-state index in [0.717, 1.165) is 5.56 Å². The summed E-state index contributed by atoms with van der Waals surface area (Å²) in [6.07, 6.45) is 0.